The van der Waals surface area contributed by atoms with Gasteiger partial charge in [0.1, 0.15) is 0 Å². The van der Waals surface area contributed by atoms with E-state index in [1.807, 2.05) is 25.2 Å². The molecular formula is C27H34. The fraction of sp³-hybridized carbons (Fsp3) is 0.259. The van der Waals surface area contributed by atoms with E-state index < -0.39 is 0 Å². The summed E-state index contributed by atoms with van der Waals surface area (Å²) in [5, 5.41) is 0. The number of aryl methyl sites for hydroxylation is 2. The van der Waals surface area contributed by atoms with Crippen LogP contribution in [0.5, 0.6) is 0 Å². The highest BCUT2D eigenvalue weighted by molar-refractivity contribution is 5.61. The maximum Gasteiger partial charge on any atom is -0.00943 e. The Morgan fingerprint density at radius 2 is 1.52 bits per heavy atom. The maximum absolute atomic E-state index is 3.92. The minimum absolute atomic E-state index is 0.956. The fourth-order valence-corrected chi connectivity index (χ4v) is 2.49. The van der Waals surface area contributed by atoms with Crippen molar-refractivity contribution in [3.05, 3.63) is 114 Å². The van der Waals surface area contributed by atoms with E-state index in [2.05, 4.69) is 81.6 Å². The second kappa shape index (κ2) is 13.6. The van der Waals surface area contributed by atoms with Gasteiger partial charge in [0.05, 0.1) is 0 Å². The van der Waals surface area contributed by atoms with Gasteiger partial charge in [0.15, 0.2) is 0 Å². The number of allylic oxidation sites excluding steroid dienone is 6. The lowest BCUT2D eigenvalue weighted by Gasteiger charge is -2.00. The molecule has 0 aliphatic carbocycles. The van der Waals surface area contributed by atoms with E-state index in [9.17, 15) is 0 Å². The van der Waals surface area contributed by atoms with Gasteiger partial charge in [-0.05, 0) is 49.8 Å². The zero-order chi connectivity index (χ0) is 19.9. The van der Waals surface area contributed by atoms with Crippen LogP contribution in [0.3, 0.4) is 0 Å². The molecule has 0 fully saturated rings. The average Bonchev–Trinajstić information content (AvgIpc) is 2.68. The van der Waals surface area contributed by atoms with E-state index in [-0.39, 0.29) is 0 Å². The molecule has 0 heterocycles. The van der Waals surface area contributed by atoms with Crippen molar-refractivity contribution < 1.29 is 0 Å². The highest BCUT2D eigenvalue weighted by Crippen LogP contribution is 2.12. The quantitative estimate of drug-likeness (QED) is 0.421. The first-order chi connectivity index (χ1) is 13.1. The normalized spacial score (nSPS) is 10.6. The Bertz CT molecular complexity index is 725. The third-order valence-corrected chi connectivity index (χ3v) is 4.23. The van der Waals surface area contributed by atoms with Crippen molar-refractivity contribution in [2.75, 3.05) is 0 Å². The fourth-order valence-electron chi connectivity index (χ4n) is 2.49. The van der Waals surface area contributed by atoms with Gasteiger partial charge in [0.25, 0.3) is 0 Å². The van der Waals surface area contributed by atoms with Crippen LogP contribution in [-0.4, -0.2) is 0 Å². The van der Waals surface area contributed by atoms with Crippen molar-refractivity contribution in [2.24, 2.45) is 0 Å². The molecule has 27 heavy (non-hydrogen) atoms. The number of hydrogen-bond donors (Lipinski definition) is 0. The van der Waals surface area contributed by atoms with Gasteiger partial charge in [-0.2, -0.15) is 0 Å². The smallest absolute Gasteiger partial charge is 0.00943 e. The summed E-state index contributed by atoms with van der Waals surface area (Å²) in [6, 6.07) is 17.3. The van der Waals surface area contributed by atoms with Crippen LogP contribution in [-0.2, 0) is 12.8 Å². The molecular weight excluding hydrogens is 324 g/mol. The number of unbranched alkanes of at least 4 members (excludes halogenated alkanes) is 1. The van der Waals surface area contributed by atoms with E-state index in [1.165, 1.54) is 41.5 Å². The topological polar surface area (TPSA) is 0 Å². The Labute approximate surface area is 166 Å². The highest BCUT2D eigenvalue weighted by atomic mass is 14.0. The molecule has 0 aromatic heterocycles. The second-order valence-electron chi connectivity index (χ2n) is 6.82. The zero-order valence-electron chi connectivity index (χ0n) is 17.2. The first-order valence-corrected chi connectivity index (χ1v) is 9.81. The molecule has 0 radical (unpaired) electrons. The maximum atomic E-state index is 3.92. The van der Waals surface area contributed by atoms with Gasteiger partial charge in [-0.1, -0.05) is 117 Å². The summed E-state index contributed by atoms with van der Waals surface area (Å²) >= 11 is 0. The third-order valence-electron chi connectivity index (χ3n) is 4.23. The van der Waals surface area contributed by atoms with Gasteiger partial charge in [0, 0.05) is 0 Å². The predicted molar refractivity (Wildman–Crippen MR) is 123 cm³/mol. The minimum Gasteiger partial charge on any atom is -0.0991 e. The lowest BCUT2D eigenvalue weighted by molar-refractivity contribution is 0.795. The van der Waals surface area contributed by atoms with E-state index in [0.29, 0.717) is 0 Å². The van der Waals surface area contributed by atoms with Crippen molar-refractivity contribution in [1.29, 1.82) is 0 Å². The number of benzene rings is 2. The molecule has 0 amide bonds. The molecule has 0 atom stereocenters. The first kappa shape index (κ1) is 22.4. The monoisotopic (exact) mass is 358 g/mol. The highest BCUT2D eigenvalue weighted by Gasteiger charge is 1.93. The summed E-state index contributed by atoms with van der Waals surface area (Å²) < 4.78 is 0. The van der Waals surface area contributed by atoms with Gasteiger partial charge in [-0.3, -0.25) is 0 Å². The number of rotatable bonds is 8. The van der Waals surface area contributed by atoms with Gasteiger partial charge < -0.3 is 0 Å². The van der Waals surface area contributed by atoms with Gasteiger partial charge >= 0.3 is 0 Å². The van der Waals surface area contributed by atoms with Crippen LogP contribution in [0, 0.1) is 6.92 Å². The van der Waals surface area contributed by atoms with E-state index in [1.54, 1.807) is 6.08 Å². The molecule has 0 unspecified atom stereocenters. The van der Waals surface area contributed by atoms with E-state index in [0.717, 1.165) is 12.0 Å². The Hall–Kier alpha value is -2.60. The summed E-state index contributed by atoms with van der Waals surface area (Å²) in [7, 11) is 0. The molecule has 142 valence electrons. The molecule has 0 saturated heterocycles. The lowest BCUT2D eigenvalue weighted by Crippen LogP contribution is -1.83. The SMILES string of the molecule is C=C/C=C\C=C/Cc1ccc(C(=C)C)cc1.CCCCc1ccc(C)cc1. The van der Waals surface area contributed by atoms with Crippen LogP contribution in [0.4, 0.5) is 0 Å². The Balaban J connectivity index is 0.000000289. The molecule has 0 bridgehead atoms. The van der Waals surface area contributed by atoms with E-state index >= 15 is 0 Å². The van der Waals surface area contributed by atoms with Crippen LogP contribution >= 0.6 is 0 Å². The van der Waals surface area contributed by atoms with Crippen molar-refractivity contribution in [1.82, 2.24) is 0 Å². The van der Waals surface area contributed by atoms with E-state index in [4.69, 9.17) is 0 Å². The molecule has 0 aliphatic rings. The number of hydrogen-bond acceptors (Lipinski definition) is 0. The summed E-state index contributed by atoms with van der Waals surface area (Å²) in [5.41, 5.74) is 6.45. The standard InChI is InChI=1S/C16H18.C11H16/c1-4-5-6-7-8-9-15-10-12-16(13-11-15)14(2)3;1-3-4-5-11-8-6-10(2)7-9-11/h4-8,10-13H,1-2,9H2,3H3;6-9H,3-5H2,1-2H3/b6-5-,8-7-;. The summed E-state index contributed by atoms with van der Waals surface area (Å²) in [6.07, 6.45) is 14.6. The van der Waals surface area contributed by atoms with Crippen LogP contribution in [0.15, 0.2) is 92.1 Å². The van der Waals surface area contributed by atoms with Gasteiger partial charge in [0.2, 0.25) is 0 Å². The van der Waals surface area contributed by atoms with Crippen LogP contribution in [0.2, 0.25) is 0 Å². The Kier molecular flexibility index (Phi) is 11.3. The minimum atomic E-state index is 0.956. The molecule has 2 rings (SSSR count). The van der Waals surface area contributed by atoms with Crippen molar-refractivity contribution in [3.8, 4) is 0 Å². The summed E-state index contributed by atoms with van der Waals surface area (Å²) in [6.45, 7) is 13.9. The average molecular weight is 359 g/mol. The Morgan fingerprint density at radius 1 is 0.889 bits per heavy atom. The van der Waals surface area contributed by atoms with Crippen LogP contribution in [0.1, 0.15) is 48.9 Å². The van der Waals surface area contributed by atoms with Gasteiger partial charge in [-0.25, -0.2) is 0 Å². The summed E-state index contributed by atoms with van der Waals surface area (Å²) in [5.74, 6) is 0. The van der Waals surface area contributed by atoms with Crippen molar-refractivity contribution in [2.45, 2.75) is 46.5 Å². The largest absolute Gasteiger partial charge is 0.0991 e. The molecule has 2 aromatic rings. The van der Waals surface area contributed by atoms with Crippen molar-refractivity contribution in [3.63, 3.8) is 0 Å². The van der Waals surface area contributed by atoms with Crippen molar-refractivity contribution >= 4 is 5.57 Å². The molecule has 2 aromatic carbocycles. The van der Waals surface area contributed by atoms with Crippen LogP contribution < -0.4 is 0 Å². The van der Waals surface area contributed by atoms with Crippen LogP contribution in [0.25, 0.3) is 5.57 Å². The van der Waals surface area contributed by atoms with Gasteiger partial charge in [-0.15, -0.1) is 0 Å². The molecule has 0 nitrogen and oxygen atoms in total. The summed E-state index contributed by atoms with van der Waals surface area (Å²) in [4.78, 5) is 0. The molecule has 0 N–H and O–H groups in total. The molecule has 0 spiro atoms. The predicted octanol–water partition coefficient (Wildman–Crippen LogP) is 7.90. The first-order valence-electron chi connectivity index (χ1n) is 9.81. The Morgan fingerprint density at radius 3 is 2.07 bits per heavy atom. The second-order valence-corrected chi connectivity index (χ2v) is 6.82. The third kappa shape index (κ3) is 10.2. The lowest BCUT2D eigenvalue weighted by atomic mass is 10.1. The molecule has 0 saturated carbocycles. The molecule has 0 heteroatoms. The molecule has 0 aliphatic heterocycles. The zero-order valence-corrected chi connectivity index (χ0v) is 17.2.